The van der Waals surface area contributed by atoms with Crippen LogP contribution in [0.3, 0.4) is 0 Å². The van der Waals surface area contributed by atoms with E-state index in [2.05, 4.69) is 5.32 Å². The largest absolute Gasteiger partial charge is 0.497 e. The van der Waals surface area contributed by atoms with E-state index < -0.39 is 6.04 Å². The van der Waals surface area contributed by atoms with Crippen LogP contribution in [0.2, 0.25) is 0 Å². The third-order valence-electron chi connectivity index (χ3n) is 4.93. The third kappa shape index (κ3) is 4.54. The van der Waals surface area contributed by atoms with Crippen molar-refractivity contribution in [1.82, 2.24) is 10.2 Å². The van der Waals surface area contributed by atoms with Crippen LogP contribution in [-0.2, 0) is 16.1 Å². The Balaban J connectivity index is 1.85. The molecule has 1 saturated heterocycles. The lowest BCUT2D eigenvalue weighted by molar-refractivity contribution is -0.122. The second-order valence-electron chi connectivity index (χ2n) is 6.80. The monoisotopic (exact) mass is 427 g/mol. The van der Waals surface area contributed by atoms with Gasteiger partial charge in [0.05, 0.1) is 26.3 Å². The lowest BCUT2D eigenvalue weighted by atomic mass is 10.1. The van der Waals surface area contributed by atoms with Gasteiger partial charge in [0.1, 0.15) is 17.5 Å². The van der Waals surface area contributed by atoms with Gasteiger partial charge in [-0.3, -0.25) is 9.59 Å². The lowest BCUT2D eigenvalue weighted by Gasteiger charge is -2.30. The molecule has 0 unspecified atom stereocenters. The van der Waals surface area contributed by atoms with E-state index in [1.807, 2.05) is 31.2 Å². The van der Waals surface area contributed by atoms with Gasteiger partial charge in [-0.2, -0.15) is 0 Å². The highest BCUT2D eigenvalue weighted by Gasteiger charge is 2.43. The minimum Gasteiger partial charge on any atom is -0.497 e. The number of nitrogens with one attached hydrogen (secondary N) is 1. The van der Waals surface area contributed by atoms with Gasteiger partial charge in [0.15, 0.2) is 5.11 Å². The zero-order chi connectivity index (χ0) is 21.7. The molecule has 0 saturated carbocycles. The first-order valence-electron chi connectivity index (χ1n) is 9.66. The van der Waals surface area contributed by atoms with Gasteiger partial charge < -0.3 is 19.7 Å². The first kappa shape index (κ1) is 21.6. The summed E-state index contributed by atoms with van der Waals surface area (Å²) in [6.07, 6.45) is 0.0621. The standard InChI is InChI=1S/C22H25N3O4S/c1-4-23-22(30)24(14-15-5-9-17(28-2)10-6-15)19-13-20(26)25(21(19)27)16-7-11-18(29-3)12-8-16/h5-12,19H,4,13-14H2,1-3H3,(H,23,30)/t19-/m1/s1. The van der Waals surface area contributed by atoms with E-state index in [-0.39, 0.29) is 18.2 Å². The molecule has 1 aliphatic heterocycles. The number of ether oxygens (including phenoxy) is 2. The number of imide groups is 1. The van der Waals surface area contributed by atoms with E-state index in [1.54, 1.807) is 43.4 Å². The Morgan fingerprint density at radius 1 is 1.07 bits per heavy atom. The van der Waals surface area contributed by atoms with Crippen LogP contribution in [0.4, 0.5) is 5.69 Å². The molecule has 2 amide bonds. The average molecular weight is 428 g/mol. The van der Waals surface area contributed by atoms with Gasteiger partial charge in [0.25, 0.3) is 5.91 Å². The summed E-state index contributed by atoms with van der Waals surface area (Å²) in [5, 5.41) is 3.55. The van der Waals surface area contributed by atoms with Crippen LogP contribution in [0, 0.1) is 0 Å². The van der Waals surface area contributed by atoms with Gasteiger partial charge >= 0.3 is 0 Å². The van der Waals surface area contributed by atoms with Gasteiger partial charge in [-0.15, -0.1) is 0 Å². The van der Waals surface area contributed by atoms with Crippen LogP contribution >= 0.6 is 12.2 Å². The first-order valence-corrected chi connectivity index (χ1v) is 10.1. The highest BCUT2D eigenvalue weighted by atomic mass is 32.1. The molecule has 0 spiro atoms. The lowest BCUT2D eigenvalue weighted by Crippen LogP contribution is -2.49. The normalized spacial score (nSPS) is 15.8. The Morgan fingerprint density at radius 3 is 2.17 bits per heavy atom. The maximum atomic E-state index is 13.2. The van der Waals surface area contributed by atoms with E-state index >= 15 is 0 Å². The maximum Gasteiger partial charge on any atom is 0.257 e. The molecule has 1 aliphatic rings. The fourth-order valence-corrected chi connectivity index (χ4v) is 3.70. The number of rotatable bonds is 7. The molecule has 158 valence electrons. The summed E-state index contributed by atoms with van der Waals surface area (Å²) in [6.45, 7) is 2.95. The number of hydrogen-bond acceptors (Lipinski definition) is 5. The molecule has 1 fully saturated rings. The molecule has 3 rings (SSSR count). The fraction of sp³-hybridized carbons (Fsp3) is 0.318. The van der Waals surface area contributed by atoms with Gasteiger partial charge in [0, 0.05) is 13.1 Å². The number of anilines is 1. The molecule has 0 aromatic heterocycles. The molecule has 0 aliphatic carbocycles. The van der Waals surface area contributed by atoms with Gasteiger partial charge in [-0.25, -0.2) is 4.90 Å². The molecular weight excluding hydrogens is 402 g/mol. The Hall–Kier alpha value is -3.13. The van der Waals surface area contributed by atoms with Crippen LogP contribution in [0.15, 0.2) is 48.5 Å². The first-order chi connectivity index (χ1) is 14.5. The Kier molecular flexibility index (Phi) is 6.89. The van der Waals surface area contributed by atoms with Crippen molar-refractivity contribution in [2.45, 2.75) is 25.9 Å². The second-order valence-corrected chi connectivity index (χ2v) is 7.18. The minimum absolute atomic E-state index is 0.0621. The number of carbonyl (C=O) groups excluding carboxylic acids is 2. The van der Waals surface area contributed by atoms with Crippen molar-refractivity contribution >= 4 is 34.8 Å². The van der Waals surface area contributed by atoms with E-state index in [9.17, 15) is 9.59 Å². The van der Waals surface area contributed by atoms with Crippen molar-refractivity contribution in [2.75, 3.05) is 25.7 Å². The number of amides is 2. The number of methoxy groups -OCH3 is 2. The van der Waals surface area contributed by atoms with E-state index in [4.69, 9.17) is 21.7 Å². The predicted molar refractivity (Wildman–Crippen MR) is 119 cm³/mol. The van der Waals surface area contributed by atoms with Crippen LogP contribution in [0.25, 0.3) is 0 Å². The van der Waals surface area contributed by atoms with Gasteiger partial charge in [-0.05, 0) is 61.1 Å². The number of thiocarbonyl (C=S) groups is 1. The van der Waals surface area contributed by atoms with E-state index in [0.29, 0.717) is 29.6 Å². The average Bonchev–Trinajstić information content (AvgIpc) is 3.06. The summed E-state index contributed by atoms with van der Waals surface area (Å²) >= 11 is 5.53. The summed E-state index contributed by atoms with van der Waals surface area (Å²) in [5.41, 5.74) is 1.48. The summed E-state index contributed by atoms with van der Waals surface area (Å²) in [4.78, 5) is 29.0. The molecule has 7 nitrogen and oxygen atoms in total. The van der Waals surface area contributed by atoms with Crippen molar-refractivity contribution in [2.24, 2.45) is 0 Å². The van der Waals surface area contributed by atoms with E-state index in [1.165, 1.54) is 4.90 Å². The third-order valence-corrected chi connectivity index (χ3v) is 5.31. The Labute approximate surface area is 181 Å². The Morgan fingerprint density at radius 2 is 1.63 bits per heavy atom. The number of hydrogen-bond donors (Lipinski definition) is 1. The highest BCUT2D eigenvalue weighted by molar-refractivity contribution is 7.80. The molecule has 0 bridgehead atoms. The molecule has 0 radical (unpaired) electrons. The van der Waals surface area contributed by atoms with Crippen molar-refractivity contribution in [1.29, 1.82) is 0 Å². The van der Waals surface area contributed by atoms with Crippen LogP contribution in [0.5, 0.6) is 11.5 Å². The van der Waals surface area contributed by atoms with Crippen molar-refractivity contribution in [3.8, 4) is 11.5 Å². The quantitative estimate of drug-likeness (QED) is 0.538. The van der Waals surface area contributed by atoms with Crippen LogP contribution in [0.1, 0.15) is 18.9 Å². The molecule has 2 aromatic rings. The molecule has 30 heavy (non-hydrogen) atoms. The zero-order valence-corrected chi connectivity index (χ0v) is 18.1. The molecular formula is C22H25N3O4S. The molecule has 1 N–H and O–H groups in total. The maximum absolute atomic E-state index is 13.2. The predicted octanol–water partition coefficient (Wildman–Crippen LogP) is 2.73. The van der Waals surface area contributed by atoms with Crippen LogP contribution in [-0.4, -0.2) is 48.6 Å². The second kappa shape index (κ2) is 9.58. The van der Waals surface area contributed by atoms with Gasteiger partial charge in [0.2, 0.25) is 5.91 Å². The molecule has 2 aromatic carbocycles. The summed E-state index contributed by atoms with van der Waals surface area (Å²) in [5.74, 6) is 0.856. The summed E-state index contributed by atoms with van der Waals surface area (Å²) in [7, 11) is 3.17. The molecule has 1 heterocycles. The minimum atomic E-state index is -0.673. The van der Waals surface area contributed by atoms with Crippen molar-refractivity contribution in [3.05, 3.63) is 54.1 Å². The topological polar surface area (TPSA) is 71.1 Å². The van der Waals surface area contributed by atoms with Crippen molar-refractivity contribution < 1.29 is 19.1 Å². The SMILES string of the molecule is CCNC(=S)N(Cc1ccc(OC)cc1)[C@@H]1CC(=O)N(c2ccc(OC)cc2)C1=O. The molecule has 8 heteroatoms. The van der Waals surface area contributed by atoms with Gasteiger partial charge in [-0.1, -0.05) is 12.1 Å². The zero-order valence-electron chi connectivity index (χ0n) is 17.3. The molecule has 1 atom stereocenters. The van der Waals surface area contributed by atoms with Crippen LogP contribution < -0.4 is 19.7 Å². The fourth-order valence-electron chi connectivity index (χ4n) is 3.37. The number of carbonyl (C=O) groups is 2. The smallest absolute Gasteiger partial charge is 0.257 e. The summed E-state index contributed by atoms with van der Waals surface area (Å²) < 4.78 is 10.4. The number of benzene rings is 2. The highest BCUT2D eigenvalue weighted by Crippen LogP contribution is 2.28. The van der Waals surface area contributed by atoms with Crippen molar-refractivity contribution in [3.63, 3.8) is 0 Å². The number of nitrogens with zero attached hydrogens (tertiary/aromatic N) is 2. The summed E-state index contributed by atoms with van der Waals surface area (Å²) in [6, 6.07) is 13.7. The Bertz CT molecular complexity index is 915. The van der Waals surface area contributed by atoms with E-state index in [0.717, 1.165) is 11.3 Å².